The maximum Gasteiger partial charge on any atom is 0.178 e. The van der Waals surface area contributed by atoms with Crippen molar-refractivity contribution in [1.29, 1.82) is 0 Å². The Morgan fingerprint density at radius 2 is 1.81 bits per heavy atom. The first-order chi connectivity index (χ1) is 7.75. The van der Waals surface area contributed by atoms with Crippen molar-refractivity contribution in [3.05, 3.63) is 30.1 Å². The summed E-state index contributed by atoms with van der Waals surface area (Å²) in [6.45, 7) is 0. The molecule has 1 N–H and O–H groups in total. The third kappa shape index (κ3) is 2.66. The number of carbonyl (C=O) groups excluding carboxylic acids is 1. The fourth-order valence-electron chi connectivity index (χ4n) is 1.64. The molecular formula is C12H13FN2O. The highest BCUT2D eigenvalue weighted by Gasteiger charge is 2.16. The van der Waals surface area contributed by atoms with Crippen LogP contribution in [0.4, 0.5) is 10.1 Å². The van der Waals surface area contributed by atoms with Crippen LogP contribution < -0.4 is 5.43 Å². The normalized spacial score (nSPS) is 18.8. The zero-order valence-electron chi connectivity index (χ0n) is 8.87. The van der Waals surface area contributed by atoms with Crippen molar-refractivity contribution in [3.8, 4) is 0 Å². The van der Waals surface area contributed by atoms with Crippen LogP contribution in [-0.4, -0.2) is 11.5 Å². The van der Waals surface area contributed by atoms with Gasteiger partial charge in [0.2, 0.25) is 0 Å². The molecule has 84 valence electrons. The lowest BCUT2D eigenvalue weighted by Gasteiger charge is -2.11. The minimum absolute atomic E-state index is 0.112. The predicted octanol–water partition coefficient (Wildman–Crippen LogP) is 2.74. The van der Waals surface area contributed by atoms with Crippen molar-refractivity contribution in [3.63, 3.8) is 0 Å². The summed E-state index contributed by atoms with van der Waals surface area (Å²) in [7, 11) is 0. The molecule has 1 aromatic carbocycles. The van der Waals surface area contributed by atoms with Gasteiger partial charge in [0, 0.05) is 6.42 Å². The smallest absolute Gasteiger partial charge is 0.178 e. The van der Waals surface area contributed by atoms with Gasteiger partial charge >= 0.3 is 0 Å². The first-order valence-electron chi connectivity index (χ1n) is 5.37. The first-order valence-corrected chi connectivity index (χ1v) is 5.37. The molecule has 0 bridgehead atoms. The van der Waals surface area contributed by atoms with Crippen LogP contribution in [0.2, 0.25) is 0 Å². The molecule has 4 heteroatoms. The monoisotopic (exact) mass is 220 g/mol. The van der Waals surface area contributed by atoms with Gasteiger partial charge in [-0.2, -0.15) is 5.10 Å². The Morgan fingerprint density at radius 1 is 1.12 bits per heavy atom. The zero-order valence-corrected chi connectivity index (χ0v) is 8.87. The molecule has 0 aliphatic heterocycles. The fourth-order valence-corrected chi connectivity index (χ4v) is 1.64. The summed E-state index contributed by atoms with van der Waals surface area (Å²) < 4.78 is 12.6. The minimum Gasteiger partial charge on any atom is -0.293 e. The number of Topliss-reactive ketones (excluding diaryl/α,β-unsaturated/α-hetero) is 1. The average molecular weight is 220 g/mol. The van der Waals surface area contributed by atoms with E-state index in [-0.39, 0.29) is 11.6 Å². The van der Waals surface area contributed by atoms with Gasteiger partial charge in [-0.15, -0.1) is 0 Å². The molecule has 1 aromatic rings. The third-order valence-corrected chi connectivity index (χ3v) is 2.55. The Balaban J connectivity index is 2.02. The molecule has 16 heavy (non-hydrogen) atoms. The third-order valence-electron chi connectivity index (χ3n) is 2.55. The Morgan fingerprint density at radius 3 is 2.50 bits per heavy atom. The molecule has 0 amide bonds. The van der Waals surface area contributed by atoms with Gasteiger partial charge in [0.05, 0.1) is 5.69 Å². The van der Waals surface area contributed by atoms with E-state index in [0.717, 1.165) is 19.3 Å². The Kier molecular flexibility index (Phi) is 3.29. The van der Waals surface area contributed by atoms with Crippen LogP contribution in [0.5, 0.6) is 0 Å². The molecule has 1 aliphatic rings. The van der Waals surface area contributed by atoms with Gasteiger partial charge in [0.1, 0.15) is 11.5 Å². The van der Waals surface area contributed by atoms with Crippen LogP contribution >= 0.6 is 0 Å². The summed E-state index contributed by atoms with van der Waals surface area (Å²) in [5.74, 6) is -0.173. The number of hydrogen-bond acceptors (Lipinski definition) is 3. The van der Waals surface area contributed by atoms with E-state index in [1.165, 1.54) is 12.1 Å². The van der Waals surface area contributed by atoms with Gasteiger partial charge in [0.25, 0.3) is 0 Å². The van der Waals surface area contributed by atoms with Gasteiger partial charge in [-0.1, -0.05) is 0 Å². The summed E-state index contributed by atoms with van der Waals surface area (Å²) in [6.07, 6.45) is 3.28. The summed E-state index contributed by atoms with van der Waals surface area (Å²) in [5, 5.41) is 4.06. The summed E-state index contributed by atoms with van der Waals surface area (Å²) >= 11 is 0. The quantitative estimate of drug-likeness (QED) is 0.778. The van der Waals surface area contributed by atoms with Gasteiger partial charge in [-0.05, 0) is 43.5 Å². The van der Waals surface area contributed by atoms with E-state index < -0.39 is 0 Å². The van der Waals surface area contributed by atoms with Gasteiger partial charge < -0.3 is 0 Å². The highest BCUT2D eigenvalue weighted by molar-refractivity contribution is 6.40. The summed E-state index contributed by atoms with van der Waals surface area (Å²) in [6, 6.07) is 5.88. The second-order valence-corrected chi connectivity index (χ2v) is 3.81. The number of ketones is 1. The van der Waals surface area contributed by atoms with Crippen LogP contribution in [0, 0.1) is 5.82 Å². The van der Waals surface area contributed by atoms with Crippen LogP contribution in [0.15, 0.2) is 29.4 Å². The number of nitrogens with zero attached hydrogens (tertiary/aromatic N) is 1. The predicted molar refractivity (Wildman–Crippen MR) is 60.9 cm³/mol. The number of hydrazone groups is 1. The minimum atomic E-state index is -0.285. The highest BCUT2D eigenvalue weighted by atomic mass is 19.1. The lowest BCUT2D eigenvalue weighted by Crippen LogP contribution is -2.19. The Hall–Kier alpha value is -1.71. The molecule has 0 saturated heterocycles. The van der Waals surface area contributed by atoms with Crippen LogP contribution in [0.3, 0.4) is 0 Å². The first kappa shape index (κ1) is 10.8. The zero-order chi connectivity index (χ0) is 11.4. The van der Waals surface area contributed by atoms with Crippen molar-refractivity contribution in [2.45, 2.75) is 25.7 Å². The number of hydrogen-bond donors (Lipinski definition) is 1. The molecule has 1 fully saturated rings. The van der Waals surface area contributed by atoms with Crippen molar-refractivity contribution in [1.82, 2.24) is 0 Å². The second kappa shape index (κ2) is 4.88. The SMILES string of the molecule is O=C1CCCCC1=NNc1ccc(F)cc1. The van der Waals surface area contributed by atoms with E-state index in [9.17, 15) is 9.18 Å². The van der Waals surface area contributed by atoms with Crippen LogP contribution in [0.1, 0.15) is 25.7 Å². The lowest BCUT2D eigenvalue weighted by atomic mass is 9.97. The van der Waals surface area contributed by atoms with Gasteiger partial charge in [-0.25, -0.2) is 4.39 Å². The number of carbonyl (C=O) groups is 1. The molecule has 0 atom stereocenters. The Bertz CT molecular complexity index is 412. The van der Waals surface area contributed by atoms with Crippen LogP contribution in [0.25, 0.3) is 0 Å². The average Bonchev–Trinajstić information content (AvgIpc) is 2.30. The summed E-state index contributed by atoms with van der Waals surface area (Å²) in [4.78, 5) is 11.4. The fraction of sp³-hybridized carbons (Fsp3) is 0.333. The molecule has 1 saturated carbocycles. The molecule has 0 radical (unpaired) electrons. The lowest BCUT2D eigenvalue weighted by molar-refractivity contribution is -0.113. The maximum absolute atomic E-state index is 12.6. The van der Waals surface area contributed by atoms with E-state index in [1.54, 1.807) is 12.1 Å². The van der Waals surface area contributed by atoms with Gasteiger partial charge in [-0.3, -0.25) is 10.2 Å². The molecule has 2 rings (SSSR count). The van der Waals surface area contributed by atoms with Crippen molar-refractivity contribution < 1.29 is 9.18 Å². The molecule has 0 heterocycles. The molecule has 0 unspecified atom stereocenters. The number of benzene rings is 1. The topological polar surface area (TPSA) is 41.5 Å². The standard InChI is InChI=1S/C12H13FN2O/c13-9-5-7-10(8-6-9)14-15-11-3-1-2-4-12(11)16/h5-8,14H,1-4H2. The van der Waals surface area contributed by atoms with Crippen molar-refractivity contribution in [2.75, 3.05) is 5.43 Å². The number of nitrogens with one attached hydrogen (secondary N) is 1. The van der Waals surface area contributed by atoms with Crippen LogP contribution in [-0.2, 0) is 4.79 Å². The van der Waals surface area contributed by atoms with E-state index in [4.69, 9.17) is 0 Å². The molecule has 0 spiro atoms. The number of rotatable bonds is 2. The second-order valence-electron chi connectivity index (χ2n) is 3.81. The van der Waals surface area contributed by atoms with Crippen molar-refractivity contribution in [2.24, 2.45) is 5.10 Å². The number of halogens is 1. The maximum atomic E-state index is 12.6. The molecule has 1 aliphatic carbocycles. The van der Waals surface area contributed by atoms with Crippen molar-refractivity contribution >= 4 is 17.2 Å². The largest absolute Gasteiger partial charge is 0.293 e. The van der Waals surface area contributed by atoms with E-state index in [0.29, 0.717) is 17.8 Å². The summed E-state index contributed by atoms with van der Waals surface area (Å²) in [5.41, 5.74) is 4.05. The van der Waals surface area contributed by atoms with Gasteiger partial charge in [0.15, 0.2) is 5.78 Å². The molecular weight excluding hydrogens is 207 g/mol. The van der Waals surface area contributed by atoms with E-state index in [2.05, 4.69) is 10.5 Å². The van der Waals surface area contributed by atoms with E-state index >= 15 is 0 Å². The Labute approximate surface area is 93.4 Å². The molecule has 0 aromatic heterocycles. The molecule has 3 nitrogen and oxygen atoms in total. The highest BCUT2D eigenvalue weighted by Crippen LogP contribution is 2.13. The van der Waals surface area contributed by atoms with E-state index in [1.807, 2.05) is 0 Å². The number of anilines is 1.